The Morgan fingerprint density at radius 2 is 1.17 bits per heavy atom. The zero-order valence-electron chi connectivity index (χ0n) is 37.7. The fourth-order valence-corrected chi connectivity index (χ4v) is 15.6. The number of aryl methyl sites for hydroxylation is 1. The van der Waals surface area contributed by atoms with Gasteiger partial charge < -0.3 is 14.7 Å². The van der Waals surface area contributed by atoms with E-state index in [1.807, 2.05) is 0 Å². The number of fused-ring (bicyclic) bond motifs is 12. The van der Waals surface area contributed by atoms with Crippen molar-refractivity contribution in [2.75, 3.05) is 14.7 Å². The quantitative estimate of drug-likeness (QED) is 0.164. The van der Waals surface area contributed by atoms with Gasteiger partial charge in [0.2, 0.25) is 0 Å². The van der Waals surface area contributed by atoms with E-state index in [1.165, 1.54) is 91.3 Å². The maximum atomic E-state index is 2.95. The van der Waals surface area contributed by atoms with Crippen LogP contribution in [0.15, 0.2) is 158 Å². The molecule has 1 fully saturated rings. The second-order valence-corrected chi connectivity index (χ2v) is 26.4. The number of rotatable bonds is 4. The first-order chi connectivity index (χ1) is 30.5. The number of hydrogen-bond acceptors (Lipinski definition) is 3. The van der Waals surface area contributed by atoms with Crippen molar-refractivity contribution in [2.24, 2.45) is 0 Å². The van der Waals surface area contributed by atoms with Crippen LogP contribution in [0.2, 0.25) is 19.6 Å². The highest BCUT2D eigenvalue weighted by molar-refractivity contribution is 7.01. The summed E-state index contributed by atoms with van der Waals surface area (Å²) in [5, 5.41) is 1.57. The van der Waals surface area contributed by atoms with Gasteiger partial charge in [0.05, 0.1) is 19.2 Å². The van der Waals surface area contributed by atoms with Crippen LogP contribution in [0.4, 0.5) is 39.8 Å². The lowest BCUT2D eigenvalue weighted by Crippen LogP contribution is -2.65. The molecule has 7 aromatic carbocycles. The number of benzene rings is 7. The second-order valence-electron chi connectivity index (χ2n) is 21.3. The fourth-order valence-electron chi connectivity index (χ4n) is 14.4. The predicted molar refractivity (Wildman–Crippen MR) is 269 cm³/mol. The predicted octanol–water partition coefficient (Wildman–Crippen LogP) is 11.9. The molecular formula is C58H56BN3Si. The summed E-state index contributed by atoms with van der Waals surface area (Å²) < 4.78 is 0. The molecule has 310 valence electrons. The highest BCUT2D eigenvalue weighted by atomic mass is 28.3. The maximum absolute atomic E-state index is 2.95. The number of nitrogens with zero attached hydrogens (tertiary/aromatic N) is 3. The molecule has 0 bridgehead atoms. The zero-order chi connectivity index (χ0) is 42.7. The second kappa shape index (κ2) is 12.7. The molecule has 0 saturated heterocycles. The normalized spacial score (nSPS) is 25.7. The Kier molecular flexibility index (Phi) is 7.60. The Labute approximate surface area is 375 Å². The van der Waals surface area contributed by atoms with E-state index in [1.54, 1.807) is 10.8 Å². The summed E-state index contributed by atoms with van der Waals surface area (Å²) in [5.41, 5.74) is 20.3. The van der Waals surface area contributed by atoms with Gasteiger partial charge in [-0.2, -0.15) is 0 Å². The summed E-state index contributed by atoms with van der Waals surface area (Å²) >= 11 is 0. The van der Waals surface area contributed by atoms with Gasteiger partial charge in [-0.25, -0.2) is 0 Å². The molecule has 0 spiro atoms. The van der Waals surface area contributed by atoms with Crippen LogP contribution in [0.3, 0.4) is 0 Å². The highest BCUT2D eigenvalue weighted by Gasteiger charge is 2.65. The number of anilines is 7. The molecule has 13 rings (SSSR count). The van der Waals surface area contributed by atoms with Crippen molar-refractivity contribution in [2.45, 2.75) is 101 Å². The zero-order valence-corrected chi connectivity index (χ0v) is 38.7. The summed E-state index contributed by atoms with van der Waals surface area (Å²) in [6.45, 7) is 15.5. The molecule has 5 heteroatoms. The van der Waals surface area contributed by atoms with Gasteiger partial charge in [-0.05, 0) is 120 Å². The molecule has 0 N–H and O–H groups in total. The summed E-state index contributed by atoms with van der Waals surface area (Å²) in [6, 6.07) is 61.7. The van der Waals surface area contributed by atoms with Gasteiger partial charge in [0.15, 0.2) is 0 Å². The maximum Gasteiger partial charge on any atom is 0.252 e. The SMILES string of the molecule is CC12CCc3ccccc3C1(C)N(c1cc3c4c(c1)N1c5c(cc([Si](C)(C)C)cc5C5(c6ccccc6)CCCCC15C)B4c1ccccc1N3c1ccccc1)c1ccccc12. The average molecular weight is 834 g/mol. The van der Waals surface area contributed by atoms with Crippen molar-refractivity contribution in [3.63, 3.8) is 0 Å². The molecule has 2 aliphatic carbocycles. The van der Waals surface area contributed by atoms with Gasteiger partial charge >= 0.3 is 0 Å². The molecule has 0 amide bonds. The van der Waals surface area contributed by atoms with Crippen LogP contribution in [0.1, 0.15) is 80.7 Å². The third-order valence-electron chi connectivity index (χ3n) is 17.5. The molecule has 4 unspecified atom stereocenters. The van der Waals surface area contributed by atoms with Crippen LogP contribution >= 0.6 is 0 Å². The summed E-state index contributed by atoms with van der Waals surface area (Å²) in [6.07, 6.45) is 6.94. The Balaban J connectivity index is 1.19. The molecule has 6 aliphatic rings. The van der Waals surface area contributed by atoms with E-state index in [9.17, 15) is 0 Å². The summed E-state index contributed by atoms with van der Waals surface area (Å²) in [7, 11) is -1.78. The van der Waals surface area contributed by atoms with Crippen molar-refractivity contribution < 1.29 is 0 Å². The van der Waals surface area contributed by atoms with Gasteiger partial charge in [-0.15, -0.1) is 0 Å². The lowest BCUT2D eigenvalue weighted by atomic mass is 9.33. The fraction of sp³-hybridized carbons (Fsp3) is 0.276. The minimum Gasteiger partial charge on any atom is -0.335 e. The van der Waals surface area contributed by atoms with Crippen LogP contribution in [0, 0.1) is 0 Å². The van der Waals surface area contributed by atoms with Gasteiger partial charge in [-0.1, -0.05) is 166 Å². The van der Waals surface area contributed by atoms with Gasteiger partial charge in [0.1, 0.15) is 0 Å². The Hall–Kier alpha value is -5.78. The third kappa shape index (κ3) is 4.57. The Morgan fingerprint density at radius 1 is 0.524 bits per heavy atom. The smallest absolute Gasteiger partial charge is 0.252 e. The largest absolute Gasteiger partial charge is 0.335 e. The topological polar surface area (TPSA) is 9.72 Å². The van der Waals surface area contributed by atoms with Crippen molar-refractivity contribution >= 4 is 76.2 Å². The summed E-state index contributed by atoms with van der Waals surface area (Å²) in [4.78, 5) is 8.36. The van der Waals surface area contributed by atoms with Crippen LogP contribution in [0.5, 0.6) is 0 Å². The first-order valence-electron chi connectivity index (χ1n) is 23.7. The first-order valence-corrected chi connectivity index (χ1v) is 27.2. The van der Waals surface area contributed by atoms with E-state index in [4.69, 9.17) is 0 Å². The molecule has 4 atom stereocenters. The van der Waals surface area contributed by atoms with Crippen molar-refractivity contribution in [3.8, 4) is 0 Å². The average Bonchev–Trinajstić information content (AvgIpc) is 3.68. The van der Waals surface area contributed by atoms with E-state index < -0.39 is 8.07 Å². The van der Waals surface area contributed by atoms with Crippen molar-refractivity contribution in [3.05, 3.63) is 186 Å². The molecule has 0 aromatic heterocycles. The third-order valence-corrected chi connectivity index (χ3v) is 19.5. The first kappa shape index (κ1) is 37.7. The van der Waals surface area contributed by atoms with E-state index in [2.05, 4.69) is 213 Å². The molecule has 3 nitrogen and oxygen atoms in total. The molecule has 1 saturated carbocycles. The van der Waals surface area contributed by atoms with Gasteiger partial charge in [0, 0.05) is 50.6 Å². The van der Waals surface area contributed by atoms with Gasteiger partial charge in [-0.3, -0.25) is 0 Å². The molecule has 63 heavy (non-hydrogen) atoms. The Morgan fingerprint density at radius 3 is 1.95 bits per heavy atom. The van der Waals surface area contributed by atoms with Crippen LogP contribution in [-0.2, 0) is 22.8 Å². The molecule has 4 heterocycles. The minimum absolute atomic E-state index is 0.0855. The van der Waals surface area contributed by atoms with Crippen LogP contribution < -0.4 is 36.3 Å². The molecule has 7 aromatic rings. The lowest BCUT2D eigenvalue weighted by molar-refractivity contribution is 0.215. The standard InChI is InChI=1S/C58H56BN3Si/c1-55-34-31-39-21-13-14-26-44(39)57(55,3)61(49-29-17-15-27-45(49)55)42-35-51-53-52(36-42)62-54-46(58(40-22-9-7-10-23-40)33-20-19-32-56(58,62)2)37-43(63(4,5)6)38-48(54)59(53)47-28-16-18-30-50(47)60(51)41-24-11-8-12-25-41/h7-18,21-30,35-38H,19-20,31-34H2,1-6H3. The van der Waals surface area contributed by atoms with E-state index in [0.717, 1.165) is 25.7 Å². The van der Waals surface area contributed by atoms with E-state index in [-0.39, 0.29) is 28.6 Å². The van der Waals surface area contributed by atoms with Gasteiger partial charge in [0.25, 0.3) is 6.71 Å². The summed E-state index contributed by atoms with van der Waals surface area (Å²) in [5.74, 6) is 0. The lowest BCUT2D eigenvalue weighted by Gasteiger charge is -2.55. The number of para-hydroxylation sites is 3. The monoisotopic (exact) mass is 833 g/mol. The van der Waals surface area contributed by atoms with Crippen LogP contribution in [-0.4, -0.2) is 20.3 Å². The minimum atomic E-state index is -1.78. The van der Waals surface area contributed by atoms with Crippen LogP contribution in [0.25, 0.3) is 0 Å². The van der Waals surface area contributed by atoms with Crippen molar-refractivity contribution in [1.29, 1.82) is 0 Å². The Bertz CT molecular complexity index is 3050. The highest BCUT2D eigenvalue weighted by Crippen LogP contribution is 2.67. The van der Waals surface area contributed by atoms with E-state index >= 15 is 0 Å². The molecule has 4 aliphatic heterocycles. The van der Waals surface area contributed by atoms with Crippen molar-refractivity contribution in [1.82, 2.24) is 0 Å². The van der Waals surface area contributed by atoms with E-state index in [0.29, 0.717) is 0 Å². The molecular weight excluding hydrogens is 778 g/mol. The number of hydrogen-bond donors (Lipinski definition) is 0. The molecule has 0 radical (unpaired) electrons.